The van der Waals surface area contributed by atoms with Crippen molar-refractivity contribution in [1.29, 1.82) is 0 Å². The third-order valence-electron chi connectivity index (χ3n) is 4.42. The number of ether oxygens (including phenoxy) is 1. The molecule has 1 atom stereocenters. The molecule has 24 heavy (non-hydrogen) atoms. The van der Waals surface area contributed by atoms with Crippen LogP contribution < -0.4 is 4.90 Å². The molecule has 0 aliphatic carbocycles. The number of amides is 2. The van der Waals surface area contributed by atoms with E-state index in [9.17, 15) is 9.59 Å². The van der Waals surface area contributed by atoms with Gasteiger partial charge in [-0.2, -0.15) is 0 Å². The van der Waals surface area contributed by atoms with E-state index in [2.05, 4.69) is 17.0 Å². The summed E-state index contributed by atoms with van der Waals surface area (Å²) in [4.78, 5) is 28.6. The zero-order valence-electron chi connectivity index (χ0n) is 14.0. The molecule has 1 unspecified atom stereocenters. The molecule has 2 aliphatic rings. The van der Waals surface area contributed by atoms with Crippen molar-refractivity contribution in [3.8, 4) is 0 Å². The lowest BCUT2D eigenvalue weighted by molar-refractivity contribution is -0.124. The molecule has 0 spiro atoms. The molecule has 0 aromatic heterocycles. The van der Waals surface area contributed by atoms with Crippen molar-refractivity contribution in [1.82, 2.24) is 4.90 Å². The average Bonchev–Trinajstić information content (AvgIpc) is 2.89. The molecule has 2 heterocycles. The first kappa shape index (κ1) is 17.0. The summed E-state index contributed by atoms with van der Waals surface area (Å²) in [5.74, 6) is -0.184. The van der Waals surface area contributed by atoms with E-state index in [1.54, 1.807) is 6.08 Å². The molecule has 1 aromatic carbocycles. The molecule has 2 aliphatic heterocycles. The molecule has 0 N–H and O–H groups in total. The molecule has 128 valence electrons. The summed E-state index contributed by atoms with van der Waals surface area (Å²) in [5.41, 5.74) is 2.09. The summed E-state index contributed by atoms with van der Waals surface area (Å²) in [7, 11) is 0. The zero-order valence-corrected chi connectivity index (χ0v) is 14.8. The molecule has 0 bridgehead atoms. The predicted octanol–water partition coefficient (Wildman–Crippen LogP) is 3.36. The van der Waals surface area contributed by atoms with Crippen LogP contribution in [0.2, 0.25) is 0 Å². The van der Waals surface area contributed by atoms with Crippen LogP contribution in [0.25, 0.3) is 6.08 Å². The first-order valence-corrected chi connectivity index (χ1v) is 9.11. The number of imide groups is 1. The van der Waals surface area contributed by atoms with Gasteiger partial charge in [0.25, 0.3) is 11.1 Å². The summed E-state index contributed by atoms with van der Waals surface area (Å²) in [5, 5.41) is -0.175. The summed E-state index contributed by atoms with van der Waals surface area (Å²) in [6.45, 7) is 7.17. The highest BCUT2D eigenvalue weighted by Gasteiger charge is 2.37. The highest BCUT2D eigenvalue weighted by Crippen LogP contribution is 2.34. The Hall–Kier alpha value is -1.79. The van der Waals surface area contributed by atoms with E-state index in [1.807, 2.05) is 26.0 Å². The van der Waals surface area contributed by atoms with Crippen LogP contribution in [-0.2, 0) is 9.53 Å². The molecule has 3 rings (SSSR count). The first-order chi connectivity index (χ1) is 11.6. The fourth-order valence-corrected chi connectivity index (χ4v) is 3.73. The standard InChI is InChI=1S/C18H22N2O3S/c1-3-13(2)20-17(21)16(24-18(20)22)12-14-4-6-15(7-5-14)19-8-10-23-11-9-19/h4-7,12-13H,3,8-11H2,1-2H3/b16-12+. The van der Waals surface area contributed by atoms with Gasteiger partial charge >= 0.3 is 0 Å². The van der Waals surface area contributed by atoms with E-state index in [0.717, 1.165) is 55.7 Å². The summed E-state index contributed by atoms with van der Waals surface area (Å²) < 4.78 is 5.37. The van der Waals surface area contributed by atoms with E-state index < -0.39 is 0 Å². The van der Waals surface area contributed by atoms with Gasteiger partial charge in [0.15, 0.2) is 0 Å². The Morgan fingerprint density at radius 3 is 2.50 bits per heavy atom. The Morgan fingerprint density at radius 2 is 1.88 bits per heavy atom. The van der Waals surface area contributed by atoms with E-state index >= 15 is 0 Å². The molecular formula is C18H22N2O3S. The Bertz CT molecular complexity index is 651. The van der Waals surface area contributed by atoms with Gasteiger partial charge in [0.2, 0.25) is 0 Å². The van der Waals surface area contributed by atoms with Crippen molar-refractivity contribution in [2.24, 2.45) is 0 Å². The molecule has 1 aromatic rings. The van der Waals surface area contributed by atoms with Crippen molar-refractivity contribution < 1.29 is 14.3 Å². The smallest absolute Gasteiger partial charge is 0.293 e. The molecular weight excluding hydrogens is 324 g/mol. The quantitative estimate of drug-likeness (QED) is 0.783. The minimum atomic E-state index is -0.184. The average molecular weight is 346 g/mol. The number of rotatable bonds is 4. The number of carbonyl (C=O) groups is 2. The van der Waals surface area contributed by atoms with Crippen molar-refractivity contribution in [3.63, 3.8) is 0 Å². The molecule has 6 heteroatoms. The first-order valence-electron chi connectivity index (χ1n) is 8.30. The second kappa shape index (κ2) is 7.40. The molecule has 0 saturated carbocycles. The van der Waals surface area contributed by atoms with E-state index in [0.29, 0.717) is 4.91 Å². The molecule has 0 radical (unpaired) electrons. The van der Waals surface area contributed by atoms with Gasteiger partial charge < -0.3 is 9.64 Å². The summed E-state index contributed by atoms with van der Waals surface area (Å²) in [6.07, 6.45) is 2.57. The van der Waals surface area contributed by atoms with Gasteiger partial charge in [-0.15, -0.1) is 0 Å². The zero-order chi connectivity index (χ0) is 17.1. The Kier molecular flexibility index (Phi) is 5.26. The number of morpholine rings is 1. The van der Waals surface area contributed by atoms with Crippen molar-refractivity contribution >= 4 is 34.7 Å². The maximum atomic E-state index is 12.4. The lowest BCUT2D eigenvalue weighted by atomic mass is 10.1. The number of hydrogen-bond donors (Lipinski definition) is 0. The summed E-state index contributed by atoms with van der Waals surface area (Å²) in [6, 6.07) is 8.02. The molecule has 2 saturated heterocycles. The van der Waals surface area contributed by atoms with Gasteiger partial charge in [-0.1, -0.05) is 19.1 Å². The van der Waals surface area contributed by atoms with Crippen molar-refractivity contribution in [2.75, 3.05) is 31.2 Å². The lowest BCUT2D eigenvalue weighted by Crippen LogP contribution is -2.36. The Morgan fingerprint density at radius 1 is 1.21 bits per heavy atom. The molecule has 2 fully saturated rings. The third kappa shape index (κ3) is 3.49. The number of hydrogen-bond acceptors (Lipinski definition) is 5. The van der Waals surface area contributed by atoms with Crippen LogP contribution in [0.1, 0.15) is 25.8 Å². The minimum Gasteiger partial charge on any atom is -0.378 e. The van der Waals surface area contributed by atoms with E-state index in [-0.39, 0.29) is 17.2 Å². The van der Waals surface area contributed by atoms with Gasteiger partial charge in [0.1, 0.15) is 0 Å². The topological polar surface area (TPSA) is 49.9 Å². The van der Waals surface area contributed by atoms with E-state index in [4.69, 9.17) is 4.74 Å². The number of nitrogens with zero attached hydrogens (tertiary/aromatic N) is 2. The fourth-order valence-electron chi connectivity index (χ4n) is 2.80. The Labute approximate surface area is 146 Å². The van der Waals surface area contributed by atoms with E-state index in [1.165, 1.54) is 4.90 Å². The number of benzene rings is 1. The summed E-state index contributed by atoms with van der Waals surface area (Å²) >= 11 is 1.02. The highest BCUT2D eigenvalue weighted by atomic mass is 32.2. The van der Waals surface area contributed by atoms with Gasteiger partial charge in [0, 0.05) is 24.8 Å². The fraction of sp³-hybridized carbons (Fsp3) is 0.444. The van der Waals surface area contributed by atoms with Gasteiger partial charge in [-0.3, -0.25) is 14.5 Å². The maximum Gasteiger partial charge on any atom is 0.293 e. The SMILES string of the molecule is CCC(C)N1C(=O)S/C(=C/c2ccc(N3CCOCC3)cc2)C1=O. The number of anilines is 1. The molecule has 5 nitrogen and oxygen atoms in total. The van der Waals surface area contributed by atoms with Crippen LogP contribution in [-0.4, -0.2) is 48.4 Å². The van der Waals surface area contributed by atoms with Gasteiger partial charge in [-0.05, 0) is 48.9 Å². The van der Waals surface area contributed by atoms with Crippen LogP contribution in [0.15, 0.2) is 29.2 Å². The highest BCUT2D eigenvalue weighted by molar-refractivity contribution is 8.18. The van der Waals surface area contributed by atoms with Crippen molar-refractivity contribution in [3.05, 3.63) is 34.7 Å². The van der Waals surface area contributed by atoms with Crippen molar-refractivity contribution in [2.45, 2.75) is 26.3 Å². The number of carbonyl (C=O) groups excluding carboxylic acids is 2. The number of thioether (sulfide) groups is 1. The second-order valence-corrected chi connectivity index (χ2v) is 6.99. The third-order valence-corrected chi connectivity index (χ3v) is 5.31. The Balaban J connectivity index is 1.74. The predicted molar refractivity (Wildman–Crippen MR) is 97.0 cm³/mol. The lowest BCUT2D eigenvalue weighted by Gasteiger charge is -2.28. The van der Waals surface area contributed by atoms with Gasteiger partial charge in [-0.25, -0.2) is 0 Å². The van der Waals surface area contributed by atoms with Crippen LogP contribution >= 0.6 is 11.8 Å². The van der Waals surface area contributed by atoms with Crippen LogP contribution in [0.5, 0.6) is 0 Å². The second-order valence-electron chi connectivity index (χ2n) is 6.00. The van der Waals surface area contributed by atoms with Crippen LogP contribution in [0.3, 0.4) is 0 Å². The van der Waals surface area contributed by atoms with Crippen LogP contribution in [0.4, 0.5) is 10.5 Å². The maximum absolute atomic E-state index is 12.4. The normalized spacial score (nSPS) is 21.7. The van der Waals surface area contributed by atoms with Gasteiger partial charge in [0.05, 0.1) is 18.1 Å². The van der Waals surface area contributed by atoms with Crippen LogP contribution in [0, 0.1) is 0 Å². The largest absolute Gasteiger partial charge is 0.378 e. The monoisotopic (exact) mass is 346 g/mol. The molecule has 2 amide bonds. The minimum absolute atomic E-state index is 0.0629.